The highest BCUT2D eigenvalue weighted by Gasteiger charge is 2.28. The van der Waals surface area contributed by atoms with E-state index in [4.69, 9.17) is 0 Å². The van der Waals surface area contributed by atoms with Crippen molar-refractivity contribution >= 4 is 45.6 Å². The van der Waals surface area contributed by atoms with E-state index in [1.807, 2.05) is 24.3 Å². The van der Waals surface area contributed by atoms with Crippen molar-refractivity contribution in [2.75, 3.05) is 36.7 Å². The van der Waals surface area contributed by atoms with E-state index in [0.29, 0.717) is 19.0 Å². The van der Waals surface area contributed by atoms with Crippen molar-refractivity contribution in [3.05, 3.63) is 41.5 Å². The van der Waals surface area contributed by atoms with Gasteiger partial charge < -0.3 is 10.6 Å². The van der Waals surface area contributed by atoms with Gasteiger partial charge in [0.2, 0.25) is 10.0 Å². The summed E-state index contributed by atoms with van der Waals surface area (Å²) in [7, 11) is -1.63. The van der Waals surface area contributed by atoms with Crippen LogP contribution in [-0.2, 0) is 16.4 Å². The van der Waals surface area contributed by atoms with Gasteiger partial charge in [0.05, 0.1) is 11.4 Å². The van der Waals surface area contributed by atoms with Crippen molar-refractivity contribution in [2.45, 2.75) is 38.5 Å². The van der Waals surface area contributed by atoms with E-state index in [-0.39, 0.29) is 29.7 Å². The highest BCUT2D eigenvalue weighted by atomic mass is 127. The van der Waals surface area contributed by atoms with Gasteiger partial charge in [-0.1, -0.05) is 29.8 Å². The van der Waals surface area contributed by atoms with Gasteiger partial charge in [0.25, 0.3) is 0 Å². The van der Waals surface area contributed by atoms with Crippen molar-refractivity contribution in [3.63, 3.8) is 0 Å². The number of fused-ring (bicyclic) bond motifs is 1. The number of hydrogen-bond donors (Lipinski definition) is 2. The van der Waals surface area contributed by atoms with E-state index in [0.717, 1.165) is 30.6 Å². The smallest absolute Gasteiger partial charge is 0.236 e. The summed E-state index contributed by atoms with van der Waals surface area (Å²) in [5.74, 6) is 0.705. The molecule has 0 radical (unpaired) electrons. The maximum Gasteiger partial charge on any atom is 0.236 e. The molecule has 1 aliphatic heterocycles. The summed E-state index contributed by atoms with van der Waals surface area (Å²) >= 11 is 0. The lowest BCUT2D eigenvalue weighted by atomic mass is 9.97. The molecular weight excluding hydrogens is 487 g/mol. The molecule has 0 unspecified atom stereocenters. The zero-order valence-electron chi connectivity index (χ0n) is 16.5. The summed E-state index contributed by atoms with van der Waals surface area (Å²) in [6.45, 7) is 1.69. The number of sulfonamides is 1. The minimum atomic E-state index is -3.34. The van der Waals surface area contributed by atoms with Crippen LogP contribution in [0.4, 0.5) is 5.69 Å². The van der Waals surface area contributed by atoms with Crippen LogP contribution in [-0.4, -0.2) is 46.8 Å². The number of aliphatic imine (C=N–C) groups is 1. The number of benzene rings is 1. The molecule has 0 saturated heterocycles. The van der Waals surface area contributed by atoms with Crippen LogP contribution in [0.25, 0.3) is 0 Å². The molecule has 1 aliphatic carbocycles. The molecule has 1 heterocycles. The van der Waals surface area contributed by atoms with Crippen molar-refractivity contribution in [1.29, 1.82) is 0 Å². The summed E-state index contributed by atoms with van der Waals surface area (Å²) in [6, 6.07) is 7.72. The van der Waals surface area contributed by atoms with E-state index >= 15 is 0 Å². The van der Waals surface area contributed by atoms with Gasteiger partial charge in [-0.05, 0) is 50.2 Å². The van der Waals surface area contributed by atoms with Crippen molar-refractivity contribution in [3.8, 4) is 0 Å². The summed E-state index contributed by atoms with van der Waals surface area (Å²) in [6.07, 6.45) is 9.13. The Bertz CT molecular complexity index is 808. The molecule has 0 aromatic heterocycles. The molecule has 156 valence electrons. The molecule has 0 spiro atoms. The summed E-state index contributed by atoms with van der Waals surface area (Å²) < 4.78 is 26.9. The zero-order chi connectivity index (χ0) is 19.1. The molecule has 1 aromatic carbocycles. The Hall–Kier alpha value is -1.29. The molecule has 2 aliphatic rings. The minimum Gasteiger partial charge on any atom is -0.356 e. The zero-order valence-corrected chi connectivity index (χ0v) is 19.6. The van der Waals surface area contributed by atoms with Crippen LogP contribution in [0.15, 0.2) is 40.9 Å². The summed E-state index contributed by atoms with van der Waals surface area (Å²) in [5, 5.41) is 6.40. The maximum absolute atomic E-state index is 12.7. The second-order valence-electron chi connectivity index (χ2n) is 7.05. The first-order chi connectivity index (χ1) is 13.1. The van der Waals surface area contributed by atoms with Crippen LogP contribution >= 0.6 is 24.0 Å². The van der Waals surface area contributed by atoms with E-state index in [1.54, 1.807) is 7.05 Å². The highest BCUT2D eigenvalue weighted by Crippen LogP contribution is 2.29. The van der Waals surface area contributed by atoms with Gasteiger partial charge in [0, 0.05) is 26.7 Å². The predicted octanol–water partition coefficient (Wildman–Crippen LogP) is 3.05. The topological polar surface area (TPSA) is 73.8 Å². The van der Waals surface area contributed by atoms with Crippen LogP contribution < -0.4 is 14.9 Å². The lowest BCUT2D eigenvalue weighted by Gasteiger charge is -2.20. The monoisotopic (exact) mass is 518 g/mol. The molecule has 0 bridgehead atoms. The largest absolute Gasteiger partial charge is 0.356 e. The second kappa shape index (κ2) is 11.0. The molecule has 6 nitrogen and oxygen atoms in total. The molecule has 0 saturated carbocycles. The van der Waals surface area contributed by atoms with E-state index in [2.05, 4.69) is 21.7 Å². The van der Waals surface area contributed by atoms with E-state index in [9.17, 15) is 8.42 Å². The maximum atomic E-state index is 12.7. The predicted molar refractivity (Wildman–Crippen MR) is 127 cm³/mol. The Labute approximate surface area is 185 Å². The third-order valence-electron chi connectivity index (χ3n) is 5.18. The van der Waals surface area contributed by atoms with Crippen LogP contribution in [0.5, 0.6) is 0 Å². The molecule has 0 amide bonds. The number of nitrogens with one attached hydrogen (secondary N) is 2. The first kappa shape index (κ1) is 23.0. The Balaban J connectivity index is 0.00000280. The summed E-state index contributed by atoms with van der Waals surface area (Å²) in [4.78, 5) is 4.19. The average Bonchev–Trinajstić information content (AvgIpc) is 3.12. The normalized spacial score (nSPS) is 16.8. The number of guanidine groups is 1. The third-order valence-corrected chi connectivity index (χ3v) is 6.95. The Morgan fingerprint density at radius 3 is 2.68 bits per heavy atom. The lowest BCUT2D eigenvalue weighted by molar-refractivity contribution is 0.590. The first-order valence-electron chi connectivity index (χ1n) is 9.81. The van der Waals surface area contributed by atoms with E-state index in [1.165, 1.54) is 35.6 Å². The van der Waals surface area contributed by atoms with Crippen LogP contribution in [0.2, 0.25) is 0 Å². The fourth-order valence-corrected chi connectivity index (χ4v) is 5.13. The Morgan fingerprint density at radius 2 is 1.93 bits per heavy atom. The number of nitrogens with zero attached hydrogens (tertiary/aromatic N) is 2. The second-order valence-corrected chi connectivity index (χ2v) is 9.06. The number of rotatable bonds is 7. The standard InChI is InChI=1S/C20H30N4O2S.HI/c1-21-20(22-13-11-17-7-3-2-4-8-17)23-14-16-27(25,26)24-15-12-18-9-5-6-10-19(18)24;/h5-7,9-10H,2-4,8,11-16H2,1H3,(H2,21,22,23);1H. The van der Waals surface area contributed by atoms with E-state index < -0.39 is 10.0 Å². The van der Waals surface area contributed by atoms with Gasteiger partial charge >= 0.3 is 0 Å². The van der Waals surface area contributed by atoms with Gasteiger partial charge in [0.15, 0.2) is 5.96 Å². The molecular formula is C20H31IN4O2S. The molecule has 2 N–H and O–H groups in total. The third kappa shape index (κ3) is 6.10. The fraction of sp³-hybridized carbons (Fsp3) is 0.550. The number of para-hydroxylation sites is 1. The Kier molecular flexibility index (Phi) is 9.07. The number of allylic oxidation sites excluding steroid dienone is 1. The molecule has 8 heteroatoms. The molecule has 0 fully saturated rings. The van der Waals surface area contributed by atoms with Gasteiger partial charge in [-0.3, -0.25) is 9.30 Å². The number of hydrogen-bond acceptors (Lipinski definition) is 3. The molecule has 0 atom stereocenters. The first-order valence-corrected chi connectivity index (χ1v) is 11.4. The number of anilines is 1. The van der Waals surface area contributed by atoms with Gasteiger partial charge in [-0.15, -0.1) is 24.0 Å². The quantitative estimate of drug-likeness (QED) is 0.252. The summed E-state index contributed by atoms with van der Waals surface area (Å²) in [5.41, 5.74) is 3.43. The average molecular weight is 518 g/mol. The molecule has 28 heavy (non-hydrogen) atoms. The van der Waals surface area contributed by atoms with Crippen molar-refractivity contribution in [1.82, 2.24) is 10.6 Å². The van der Waals surface area contributed by atoms with Crippen LogP contribution in [0.1, 0.15) is 37.7 Å². The highest BCUT2D eigenvalue weighted by molar-refractivity contribution is 14.0. The molecule has 3 rings (SSSR count). The van der Waals surface area contributed by atoms with Gasteiger partial charge in [0.1, 0.15) is 0 Å². The van der Waals surface area contributed by atoms with Crippen LogP contribution in [0, 0.1) is 0 Å². The van der Waals surface area contributed by atoms with Gasteiger partial charge in [-0.25, -0.2) is 8.42 Å². The van der Waals surface area contributed by atoms with Gasteiger partial charge in [-0.2, -0.15) is 0 Å². The molecule has 1 aromatic rings. The van der Waals surface area contributed by atoms with Crippen molar-refractivity contribution < 1.29 is 8.42 Å². The fourth-order valence-electron chi connectivity index (χ4n) is 3.70. The SMILES string of the molecule is CN=C(NCCC1=CCCCC1)NCCS(=O)(=O)N1CCc2ccccc21.I. The Morgan fingerprint density at radius 1 is 1.14 bits per heavy atom. The number of halogens is 1. The minimum absolute atomic E-state index is 0. The van der Waals surface area contributed by atoms with Crippen LogP contribution in [0.3, 0.4) is 0 Å². The lowest BCUT2D eigenvalue weighted by Crippen LogP contribution is -2.42. The van der Waals surface area contributed by atoms with Crippen molar-refractivity contribution in [2.24, 2.45) is 4.99 Å².